The van der Waals surface area contributed by atoms with Crippen molar-refractivity contribution < 1.29 is 9.53 Å². The van der Waals surface area contributed by atoms with Gasteiger partial charge in [-0.1, -0.05) is 35.9 Å². The van der Waals surface area contributed by atoms with Gasteiger partial charge in [0, 0.05) is 31.5 Å². The molecule has 3 N–H and O–H groups in total. The summed E-state index contributed by atoms with van der Waals surface area (Å²) in [6.07, 6.45) is 1.48. The molecule has 0 bridgehead atoms. The van der Waals surface area contributed by atoms with Crippen LogP contribution in [0.4, 0.5) is 0 Å². The third-order valence-electron chi connectivity index (χ3n) is 4.33. The minimum absolute atomic E-state index is 0.0589. The molecule has 3 rings (SSSR count). The molecule has 0 aromatic heterocycles. The van der Waals surface area contributed by atoms with Gasteiger partial charge in [-0.25, -0.2) is 0 Å². The van der Waals surface area contributed by atoms with E-state index in [9.17, 15) is 4.79 Å². The zero-order chi connectivity index (χ0) is 16.3. The number of hydrogen-bond acceptors (Lipinski definition) is 3. The minimum atomic E-state index is -0.413. The number of amides is 1. The Hall–Kier alpha value is -2.33. The van der Waals surface area contributed by atoms with E-state index in [1.54, 1.807) is 0 Å². The summed E-state index contributed by atoms with van der Waals surface area (Å²) in [5.74, 6) is 0.847. The SMILES string of the molecule is Cc1cccc(C(=O)NCCC2(CN)Cc3ccccc3O2)c1. The first-order valence-electron chi connectivity index (χ1n) is 7.94. The smallest absolute Gasteiger partial charge is 0.251 e. The van der Waals surface area contributed by atoms with Crippen molar-refractivity contribution in [2.45, 2.75) is 25.4 Å². The lowest BCUT2D eigenvalue weighted by Crippen LogP contribution is -2.45. The molecule has 0 saturated heterocycles. The van der Waals surface area contributed by atoms with Crippen LogP contribution in [0.15, 0.2) is 48.5 Å². The predicted molar refractivity (Wildman–Crippen MR) is 90.7 cm³/mol. The standard InChI is InChI=1S/C19H22N2O2/c1-14-5-4-7-15(11-14)18(22)21-10-9-19(13-20)12-16-6-2-3-8-17(16)23-19/h2-8,11H,9-10,12-13,20H2,1H3,(H,21,22). The molecule has 1 atom stereocenters. The Balaban J connectivity index is 1.59. The lowest BCUT2D eigenvalue weighted by atomic mass is 9.93. The number of ether oxygens (including phenoxy) is 1. The van der Waals surface area contributed by atoms with E-state index in [0.29, 0.717) is 25.1 Å². The Morgan fingerprint density at radius 3 is 2.83 bits per heavy atom. The van der Waals surface area contributed by atoms with Crippen molar-refractivity contribution >= 4 is 5.91 Å². The number of aryl methyl sites for hydroxylation is 1. The third-order valence-corrected chi connectivity index (χ3v) is 4.33. The Kier molecular flexibility index (Phi) is 4.35. The van der Waals surface area contributed by atoms with Crippen LogP contribution in [0.1, 0.15) is 27.9 Å². The summed E-state index contributed by atoms with van der Waals surface area (Å²) < 4.78 is 6.07. The van der Waals surface area contributed by atoms with Gasteiger partial charge in [-0.15, -0.1) is 0 Å². The zero-order valence-electron chi connectivity index (χ0n) is 13.3. The minimum Gasteiger partial charge on any atom is -0.485 e. The summed E-state index contributed by atoms with van der Waals surface area (Å²) >= 11 is 0. The maximum atomic E-state index is 12.2. The highest BCUT2D eigenvalue weighted by Gasteiger charge is 2.37. The number of fused-ring (bicyclic) bond motifs is 1. The van der Waals surface area contributed by atoms with Gasteiger partial charge in [0.25, 0.3) is 5.91 Å². The molecule has 4 heteroatoms. The van der Waals surface area contributed by atoms with Crippen molar-refractivity contribution in [2.75, 3.05) is 13.1 Å². The van der Waals surface area contributed by atoms with Crippen LogP contribution in [0.2, 0.25) is 0 Å². The van der Waals surface area contributed by atoms with E-state index in [-0.39, 0.29) is 5.91 Å². The van der Waals surface area contributed by atoms with E-state index in [0.717, 1.165) is 17.7 Å². The van der Waals surface area contributed by atoms with Crippen LogP contribution >= 0.6 is 0 Å². The molecular formula is C19H22N2O2. The van der Waals surface area contributed by atoms with Gasteiger partial charge in [0.15, 0.2) is 0 Å². The van der Waals surface area contributed by atoms with E-state index < -0.39 is 5.60 Å². The van der Waals surface area contributed by atoms with Crippen LogP contribution in [0.5, 0.6) is 5.75 Å². The summed E-state index contributed by atoms with van der Waals surface area (Å²) in [4.78, 5) is 12.2. The van der Waals surface area contributed by atoms with Crippen molar-refractivity contribution in [3.63, 3.8) is 0 Å². The van der Waals surface area contributed by atoms with Crippen LogP contribution in [0, 0.1) is 6.92 Å². The molecule has 2 aromatic carbocycles. The number of nitrogens with two attached hydrogens (primary N) is 1. The first-order chi connectivity index (χ1) is 11.1. The second-order valence-electron chi connectivity index (χ2n) is 6.15. The molecule has 120 valence electrons. The summed E-state index contributed by atoms with van der Waals surface area (Å²) in [5.41, 5.74) is 8.49. The van der Waals surface area contributed by atoms with E-state index in [1.165, 1.54) is 5.56 Å². The number of carbonyl (C=O) groups is 1. The van der Waals surface area contributed by atoms with Gasteiger partial charge in [-0.2, -0.15) is 0 Å². The predicted octanol–water partition coefficient (Wildman–Crippen LogP) is 2.45. The number of para-hydroxylation sites is 1. The fourth-order valence-electron chi connectivity index (χ4n) is 3.01. The fraction of sp³-hybridized carbons (Fsp3) is 0.316. The van der Waals surface area contributed by atoms with Gasteiger partial charge in [-0.05, 0) is 30.7 Å². The Morgan fingerprint density at radius 2 is 2.09 bits per heavy atom. The second-order valence-corrected chi connectivity index (χ2v) is 6.15. The molecule has 1 aliphatic rings. The molecule has 0 fully saturated rings. The molecule has 23 heavy (non-hydrogen) atoms. The van der Waals surface area contributed by atoms with Gasteiger partial charge in [0.05, 0.1) is 0 Å². The molecular weight excluding hydrogens is 288 g/mol. The molecule has 1 aliphatic heterocycles. The summed E-state index contributed by atoms with van der Waals surface area (Å²) in [5, 5.41) is 2.96. The van der Waals surface area contributed by atoms with Crippen molar-refractivity contribution in [3.05, 3.63) is 65.2 Å². The van der Waals surface area contributed by atoms with Crippen molar-refractivity contribution in [3.8, 4) is 5.75 Å². The van der Waals surface area contributed by atoms with E-state index >= 15 is 0 Å². The maximum absolute atomic E-state index is 12.2. The molecule has 0 radical (unpaired) electrons. The van der Waals surface area contributed by atoms with E-state index in [1.807, 2.05) is 49.4 Å². The largest absolute Gasteiger partial charge is 0.485 e. The number of hydrogen-bond donors (Lipinski definition) is 2. The molecule has 1 heterocycles. The van der Waals surface area contributed by atoms with Crippen molar-refractivity contribution in [1.29, 1.82) is 0 Å². The van der Waals surface area contributed by atoms with Gasteiger partial charge in [0.2, 0.25) is 0 Å². The number of carbonyl (C=O) groups excluding carboxylic acids is 1. The number of nitrogens with one attached hydrogen (secondary N) is 1. The highest BCUT2D eigenvalue weighted by atomic mass is 16.5. The number of rotatable bonds is 5. The third kappa shape index (κ3) is 3.37. The molecule has 1 amide bonds. The average molecular weight is 310 g/mol. The van der Waals surface area contributed by atoms with E-state index in [4.69, 9.17) is 10.5 Å². The van der Waals surface area contributed by atoms with Gasteiger partial charge in [0.1, 0.15) is 11.4 Å². The lowest BCUT2D eigenvalue weighted by molar-refractivity contribution is 0.0854. The molecule has 2 aromatic rings. The molecule has 0 aliphatic carbocycles. The van der Waals surface area contributed by atoms with Crippen LogP contribution in [-0.4, -0.2) is 24.6 Å². The molecule has 4 nitrogen and oxygen atoms in total. The van der Waals surface area contributed by atoms with Gasteiger partial charge < -0.3 is 15.8 Å². The normalized spacial score (nSPS) is 19.0. The monoisotopic (exact) mass is 310 g/mol. The summed E-state index contributed by atoms with van der Waals surface area (Å²) in [6.45, 7) is 2.95. The summed E-state index contributed by atoms with van der Waals surface area (Å²) in [6, 6.07) is 15.6. The first kappa shape index (κ1) is 15.6. The zero-order valence-corrected chi connectivity index (χ0v) is 13.3. The van der Waals surface area contributed by atoms with Crippen LogP contribution in [0.25, 0.3) is 0 Å². The van der Waals surface area contributed by atoms with Crippen molar-refractivity contribution in [1.82, 2.24) is 5.32 Å². The van der Waals surface area contributed by atoms with Crippen LogP contribution in [0.3, 0.4) is 0 Å². The highest BCUT2D eigenvalue weighted by Crippen LogP contribution is 2.36. The fourth-order valence-corrected chi connectivity index (χ4v) is 3.01. The highest BCUT2D eigenvalue weighted by molar-refractivity contribution is 5.94. The van der Waals surface area contributed by atoms with Crippen LogP contribution < -0.4 is 15.8 Å². The molecule has 0 spiro atoms. The Labute approximate surface area is 136 Å². The quantitative estimate of drug-likeness (QED) is 0.891. The van der Waals surface area contributed by atoms with Crippen molar-refractivity contribution in [2.24, 2.45) is 5.73 Å². The van der Waals surface area contributed by atoms with Gasteiger partial charge >= 0.3 is 0 Å². The van der Waals surface area contributed by atoms with Crippen LogP contribution in [-0.2, 0) is 6.42 Å². The second kappa shape index (κ2) is 6.42. The summed E-state index contributed by atoms with van der Waals surface area (Å²) in [7, 11) is 0. The average Bonchev–Trinajstić information content (AvgIpc) is 2.93. The lowest BCUT2D eigenvalue weighted by Gasteiger charge is -2.27. The Bertz CT molecular complexity index is 687. The maximum Gasteiger partial charge on any atom is 0.251 e. The molecule has 1 unspecified atom stereocenters. The van der Waals surface area contributed by atoms with E-state index in [2.05, 4.69) is 11.4 Å². The molecule has 0 saturated carbocycles. The topological polar surface area (TPSA) is 64.4 Å². The first-order valence-corrected chi connectivity index (χ1v) is 7.94. The Morgan fingerprint density at radius 1 is 1.26 bits per heavy atom. The number of benzene rings is 2. The van der Waals surface area contributed by atoms with Gasteiger partial charge in [-0.3, -0.25) is 4.79 Å².